The fraction of sp³-hybridized carbons (Fsp3) is 0.706. The Balaban J connectivity index is 2.08. The molecule has 21 heavy (non-hydrogen) atoms. The summed E-state index contributed by atoms with van der Waals surface area (Å²) in [7, 11) is 0. The third kappa shape index (κ3) is 4.00. The van der Waals surface area contributed by atoms with Crippen LogP contribution in [-0.2, 0) is 0 Å². The van der Waals surface area contributed by atoms with Gasteiger partial charge in [-0.05, 0) is 31.1 Å². The SMILES string of the molecule is CCCCC(CC)CNc1sc(C(C)=O)c(N)c1C1CC1. The fourth-order valence-electron chi connectivity index (χ4n) is 2.81. The highest BCUT2D eigenvalue weighted by Gasteiger charge is 2.32. The summed E-state index contributed by atoms with van der Waals surface area (Å²) in [6, 6.07) is 0. The highest BCUT2D eigenvalue weighted by atomic mass is 32.1. The molecule has 4 heteroatoms. The molecule has 0 aliphatic heterocycles. The maximum Gasteiger partial charge on any atom is 0.171 e. The van der Waals surface area contributed by atoms with Crippen molar-refractivity contribution in [2.24, 2.45) is 5.92 Å². The maximum absolute atomic E-state index is 11.7. The molecule has 1 atom stereocenters. The van der Waals surface area contributed by atoms with Gasteiger partial charge in [0.25, 0.3) is 0 Å². The fourth-order valence-corrected chi connectivity index (χ4v) is 3.92. The number of rotatable bonds is 9. The number of carbonyl (C=O) groups is 1. The van der Waals surface area contributed by atoms with Crippen LogP contribution in [-0.4, -0.2) is 12.3 Å². The largest absolute Gasteiger partial charge is 0.397 e. The van der Waals surface area contributed by atoms with E-state index in [0.717, 1.165) is 22.1 Å². The third-order valence-corrected chi connectivity index (χ3v) is 5.66. The monoisotopic (exact) mass is 308 g/mol. The van der Waals surface area contributed by atoms with Gasteiger partial charge in [-0.15, -0.1) is 11.3 Å². The van der Waals surface area contributed by atoms with Crippen LogP contribution in [0.4, 0.5) is 10.7 Å². The molecule has 0 radical (unpaired) electrons. The molecule has 0 saturated heterocycles. The summed E-state index contributed by atoms with van der Waals surface area (Å²) in [5.41, 5.74) is 8.17. The second kappa shape index (κ2) is 7.30. The number of thiophene rings is 1. The van der Waals surface area contributed by atoms with Gasteiger partial charge in [-0.25, -0.2) is 0 Å². The van der Waals surface area contributed by atoms with Gasteiger partial charge < -0.3 is 11.1 Å². The van der Waals surface area contributed by atoms with Crippen molar-refractivity contribution in [3.63, 3.8) is 0 Å². The van der Waals surface area contributed by atoms with E-state index >= 15 is 0 Å². The summed E-state index contributed by atoms with van der Waals surface area (Å²) in [4.78, 5) is 12.5. The van der Waals surface area contributed by atoms with Gasteiger partial charge in [0.1, 0.15) is 0 Å². The van der Waals surface area contributed by atoms with E-state index in [1.54, 1.807) is 18.3 Å². The van der Waals surface area contributed by atoms with Crippen molar-refractivity contribution in [3.05, 3.63) is 10.4 Å². The summed E-state index contributed by atoms with van der Waals surface area (Å²) in [6.45, 7) is 7.10. The molecule has 1 fully saturated rings. The van der Waals surface area contributed by atoms with E-state index in [1.165, 1.54) is 44.1 Å². The molecule has 1 aromatic heterocycles. The molecule has 1 aromatic rings. The standard InChI is InChI=1S/C17H28N2OS/c1-4-6-7-12(5-2)10-19-17-14(13-8-9-13)15(18)16(21-17)11(3)20/h12-13,19H,4-10,18H2,1-3H3. The first-order chi connectivity index (χ1) is 10.1. The second-order valence-corrected chi connectivity index (χ2v) is 7.24. The highest BCUT2D eigenvalue weighted by Crippen LogP contribution is 2.50. The lowest BCUT2D eigenvalue weighted by Crippen LogP contribution is -2.13. The Labute approximate surface area is 132 Å². The summed E-state index contributed by atoms with van der Waals surface area (Å²) < 4.78 is 0. The zero-order chi connectivity index (χ0) is 15.4. The molecular formula is C17H28N2OS. The second-order valence-electron chi connectivity index (χ2n) is 6.22. The molecule has 1 saturated carbocycles. The van der Waals surface area contributed by atoms with E-state index in [2.05, 4.69) is 19.2 Å². The number of hydrogen-bond acceptors (Lipinski definition) is 4. The molecule has 1 aliphatic carbocycles. The summed E-state index contributed by atoms with van der Waals surface area (Å²) in [5.74, 6) is 1.37. The molecule has 1 unspecified atom stereocenters. The number of anilines is 2. The molecule has 1 aliphatic rings. The predicted octanol–water partition coefficient (Wildman–Crippen LogP) is 5.04. The van der Waals surface area contributed by atoms with Crippen molar-refractivity contribution >= 4 is 27.8 Å². The lowest BCUT2D eigenvalue weighted by atomic mass is 9.99. The Kier molecular flexibility index (Phi) is 5.68. The maximum atomic E-state index is 11.7. The van der Waals surface area contributed by atoms with E-state index in [9.17, 15) is 4.79 Å². The van der Waals surface area contributed by atoms with Crippen LogP contribution >= 0.6 is 11.3 Å². The first-order valence-corrected chi connectivity index (χ1v) is 9.07. The van der Waals surface area contributed by atoms with Crippen LogP contribution in [0.5, 0.6) is 0 Å². The first-order valence-electron chi connectivity index (χ1n) is 8.25. The molecule has 3 nitrogen and oxygen atoms in total. The number of hydrogen-bond donors (Lipinski definition) is 2. The van der Waals surface area contributed by atoms with Crippen molar-refractivity contribution in [1.29, 1.82) is 0 Å². The summed E-state index contributed by atoms with van der Waals surface area (Å²) >= 11 is 1.55. The predicted molar refractivity (Wildman–Crippen MR) is 92.5 cm³/mol. The molecule has 118 valence electrons. The van der Waals surface area contributed by atoms with Crippen LogP contribution in [0.1, 0.15) is 80.4 Å². The Bertz CT molecular complexity index is 491. The minimum absolute atomic E-state index is 0.0884. The zero-order valence-corrected chi connectivity index (χ0v) is 14.3. The van der Waals surface area contributed by atoms with Gasteiger partial charge in [0, 0.05) is 19.0 Å². The highest BCUT2D eigenvalue weighted by molar-refractivity contribution is 7.18. The normalized spacial score (nSPS) is 16.0. The van der Waals surface area contributed by atoms with E-state index < -0.39 is 0 Å². The molecule has 0 aromatic carbocycles. The lowest BCUT2D eigenvalue weighted by molar-refractivity contribution is 0.102. The van der Waals surface area contributed by atoms with E-state index in [4.69, 9.17) is 5.73 Å². The molecule has 3 N–H and O–H groups in total. The number of nitrogen functional groups attached to an aromatic ring is 1. The summed E-state index contributed by atoms with van der Waals surface area (Å²) in [5, 5.41) is 4.75. The molecule has 0 amide bonds. The van der Waals surface area contributed by atoms with Gasteiger partial charge >= 0.3 is 0 Å². The number of unbranched alkanes of at least 4 members (excludes halogenated alkanes) is 1. The Morgan fingerprint density at radius 3 is 2.67 bits per heavy atom. The topological polar surface area (TPSA) is 55.1 Å². The molecule has 1 heterocycles. The smallest absolute Gasteiger partial charge is 0.171 e. The number of carbonyl (C=O) groups excluding carboxylic acids is 1. The van der Waals surface area contributed by atoms with Gasteiger partial charge in [0.15, 0.2) is 5.78 Å². The van der Waals surface area contributed by atoms with Crippen LogP contribution in [0.25, 0.3) is 0 Å². The molecular weight excluding hydrogens is 280 g/mol. The van der Waals surface area contributed by atoms with Gasteiger partial charge in [0.05, 0.1) is 15.6 Å². The number of Topliss-reactive ketones (excluding diaryl/α,β-unsaturated/α-hetero) is 1. The Morgan fingerprint density at radius 1 is 1.43 bits per heavy atom. The Hall–Kier alpha value is -1.03. The van der Waals surface area contributed by atoms with Crippen molar-refractivity contribution < 1.29 is 4.79 Å². The van der Waals surface area contributed by atoms with E-state index in [0.29, 0.717) is 11.8 Å². The van der Waals surface area contributed by atoms with Crippen LogP contribution in [0.3, 0.4) is 0 Å². The van der Waals surface area contributed by atoms with Crippen molar-refractivity contribution in [2.75, 3.05) is 17.6 Å². The molecule has 0 bridgehead atoms. The number of nitrogens with one attached hydrogen (secondary N) is 1. The quantitative estimate of drug-likeness (QED) is 0.628. The molecule has 0 spiro atoms. The number of ketones is 1. The minimum atomic E-state index is 0.0884. The van der Waals surface area contributed by atoms with E-state index in [-0.39, 0.29) is 5.78 Å². The first kappa shape index (κ1) is 16.3. The van der Waals surface area contributed by atoms with Gasteiger partial charge in [-0.2, -0.15) is 0 Å². The van der Waals surface area contributed by atoms with Gasteiger partial charge in [-0.3, -0.25) is 4.79 Å². The summed E-state index contributed by atoms with van der Waals surface area (Å²) in [6.07, 6.45) is 7.44. The van der Waals surface area contributed by atoms with Crippen LogP contribution in [0.2, 0.25) is 0 Å². The molecule has 2 rings (SSSR count). The zero-order valence-electron chi connectivity index (χ0n) is 13.5. The average molecular weight is 308 g/mol. The van der Waals surface area contributed by atoms with Crippen molar-refractivity contribution in [3.8, 4) is 0 Å². The number of nitrogens with two attached hydrogens (primary N) is 1. The third-order valence-electron chi connectivity index (χ3n) is 4.38. The van der Waals surface area contributed by atoms with Crippen molar-refractivity contribution in [2.45, 2.75) is 65.2 Å². The van der Waals surface area contributed by atoms with Crippen LogP contribution in [0, 0.1) is 5.92 Å². The minimum Gasteiger partial charge on any atom is -0.397 e. The van der Waals surface area contributed by atoms with Crippen LogP contribution < -0.4 is 11.1 Å². The van der Waals surface area contributed by atoms with Crippen LogP contribution in [0.15, 0.2) is 0 Å². The average Bonchev–Trinajstić information content (AvgIpc) is 3.23. The lowest BCUT2D eigenvalue weighted by Gasteiger charge is -2.16. The van der Waals surface area contributed by atoms with E-state index in [1.807, 2.05) is 0 Å². The van der Waals surface area contributed by atoms with Gasteiger partial charge in [-0.1, -0.05) is 33.1 Å². The van der Waals surface area contributed by atoms with Crippen molar-refractivity contribution in [1.82, 2.24) is 0 Å². The van der Waals surface area contributed by atoms with Gasteiger partial charge in [0.2, 0.25) is 0 Å². The Morgan fingerprint density at radius 2 is 2.14 bits per heavy atom.